The van der Waals surface area contributed by atoms with Crippen LogP contribution in [0.1, 0.15) is 11.5 Å². The van der Waals surface area contributed by atoms with Crippen LogP contribution < -0.4 is 4.72 Å². The van der Waals surface area contributed by atoms with Crippen LogP contribution in [0.5, 0.6) is 0 Å². The largest absolute Gasteiger partial charge is 0.295 e. The summed E-state index contributed by atoms with van der Waals surface area (Å²) in [5.74, 6) is -0.300. The Labute approximate surface area is 85.8 Å². The normalized spacial score (nSPS) is 20.3. The number of nitrogens with one attached hydrogen (secondary N) is 1. The number of benzene rings is 1. The van der Waals surface area contributed by atoms with Crippen molar-refractivity contribution in [3.05, 3.63) is 29.8 Å². The van der Waals surface area contributed by atoms with Crippen molar-refractivity contribution < 1.29 is 4.79 Å². The minimum absolute atomic E-state index is 0.0290. The zero-order valence-electron chi connectivity index (χ0n) is 6.69. The number of carbonyl (C=O) groups excluding carboxylic acids is 1. The number of thiocarbonyl (C=S) groups is 1. The Bertz CT molecular complexity index is 364. The van der Waals surface area contributed by atoms with Gasteiger partial charge in [0.05, 0.1) is 5.92 Å². The van der Waals surface area contributed by atoms with Crippen LogP contribution >= 0.6 is 24.2 Å². The van der Waals surface area contributed by atoms with Crippen LogP contribution in [0.4, 0.5) is 0 Å². The molecule has 2 nitrogen and oxygen atoms in total. The molecule has 1 aliphatic rings. The number of carbonyl (C=O) groups is 1. The van der Waals surface area contributed by atoms with E-state index in [9.17, 15) is 4.79 Å². The first-order chi connectivity index (χ1) is 6.33. The Morgan fingerprint density at radius 1 is 1.46 bits per heavy atom. The van der Waals surface area contributed by atoms with E-state index >= 15 is 0 Å². The van der Waals surface area contributed by atoms with Gasteiger partial charge in [-0.25, -0.2) is 0 Å². The summed E-state index contributed by atoms with van der Waals surface area (Å²) >= 11 is 6.18. The summed E-state index contributed by atoms with van der Waals surface area (Å²) < 4.78 is 2.72. The van der Waals surface area contributed by atoms with Crippen LogP contribution in [0.3, 0.4) is 0 Å². The van der Waals surface area contributed by atoms with E-state index in [2.05, 4.69) is 4.72 Å². The lowest BCUT2D eigenvalue weighted by molar-refractivity contribution is -0.119. The highest BCUT2D eigenvalue weighted by Gasteiger charge is 2.25. The molecule has 0 saturated heterocycles. The molecule has 0 spiro atoms. The van der Waals surface area contributed by atoms with Gasteiger partial charge in [0.25, 0.3) is 0 Å². The van der Waals surface area contributed by atoms with Gasteiger partial charge in [-0.15, -0.1) is 0 Å². The Kier molecular flexibility index (Phi) is 2.33. The molecule has 1 aliphatic heterocycles. The van der Waals surface area contributed by atoms with Crippen molar-refractivity contribution in [3.63, 3.8) is 0 Å². The lowest BCUT2D eigenvalue weighted by Gasteiger charge is -2.20. The second-order valence-corrected chi connectivity index (χ2v) is 3.84. The average Bonchev–Trinajstić information content (AvgIpc) is 2.18. The van der Waals surface area contributed by atoms with Gasteiger partial charge >= 0.3 is 0 Å². The van der Waals surface area contributed by atoms with Crippen LogP contribution in [-0.4, -0.2) is 11.3 Å². The molecule has 66 valence electrons. The van der Waals surface area contributed by atoms with E-state index in [0.29, 0.717) is 0 Å². The fraction of sp³-hybridized carbons (Fsp3) is 0.111. The molecule has 1 amide bonds. The number of amides is 1. The van der Waals surface area contributed by atoms with Crippen molar-refractivity contribution in [3.8, 4) is 0 Å². The summed E-state index contributed by atoms with van der Waals surface area (Å²) in [6.07, 6.45) is 0. The number of rotatable bonds is 1. The highest BCUT2D eigenvalue weighted by molar-refractivity contribution is 7.98. The quantitative estimate of drug-likeness (QED) is 0.566. The van der Waals surface area contributed by atoms with Crippen LogP contribution in [0.2, 0.25) is 0 Å². The number of hydrogen-bond donors (Lipinski definition) is 1. The molecule has 0 fully saturated rings. The molecule has 1 aromatic rings. The zero-order valence-corrected chi connectivity index (χ0v) is 8.32. The van der Waals surface area contributed by atoms with Crippen molar-refractivity contribution in [1.29, 1.82) is 0 Å². The predicted molar refractivity (Wildman–Crippen MR) is 56.8 cm³/mol. The van der Waals surface area contributed by atoms with Crippen LogP contribution in [0.15, 0.2) is 29.2 Å². The van der Waals surface area contributed by atoms with Gasteiger partial charge in [-0.2, -0.15) is 0 Å². The molecule has 0 aromatic heterocycles. The molecular weight excluding hydrogens is 202 g/mol. The van der Waals surface area contributed by atoms with Gasteiger partial charge < -0.3 is 0 Å². The highest BCUT2D eigenvalue weighted by Crippen LogP contribution is 2.31. The molecule has 0 saturated carbocycles. The third-order valence-corrected chi connectivity index (χ3v) is 3.10. The maximum absolute atomic E-state index is 11.4. The van der Waals surface area contributed by atoms with Gasteiger partial charge in [0.1, 0.15) is 0 Å². The Morgan fingerprint density at radius 3 is 3.00 bits per heavy atom. The van der Waals surface area contributed by atoms with E-state index in [-0.39, 0.29) is 11.8 Å². The minimum atomic E-state index is -0.271. The molecular formula is C9H7NOS2. The highest BCUT2D eigenvalue weighted by atomic mass is 32.2. The molecule has 4 heteroatoms. The van der Waals surface area contributed by atoms with Gasteiger partial charge in [-0.1, -0.05) is 30.4 Å². The lowest BCUT2D eigenvalue weighted by Crippen LogP contribution is -2.28. The first-order valence-electron chi connectivity index (χ1n) is 3.84. The van der Waals surface area contributed by atoms with Crippen molar-refractivity contribution in [1.82, 2.24) is 4.72 Å². The van der Waals surface area contributed by atoms with Gasteiger partial charge in [0, 0.05) is 4.90 Å². The smallest absolute Gasteiger partial charge is 0.242 e. The molecule has 13 heavy (non-hydrogen) atoms. The van der Waals surface area contributed by atoms with E-state index in [4.69, 9.17) is 12.2 Å². The molecule has 1 N–H and O–H groups in total. The molecule has 1 atom stereocenters. The van der Waals surface area contributed by atoms with E-state index in [1.165, 1.54) is 17.3 Å². The minimum Gasteiger partial charge on any atom is -0.295 e. The number of hydrogen-bond acceptors (Lipinski definition) is 3. The van der Waals surface area contributed by atoms with Gasteiger partial charge in [0.2, 0.25) is 5.91 Å². The molecule has 0 aliphatic carbocycles. The average molecular weight is 209 g/mol. The lowest BCUT2D eigenvalue weighted by atomic mass is 10.0. The third kappa shape index (κ3) is 1.47. The second-order valence-electron chi connectivity index (χ2n) is 2.72. The first kappa shape index (κ1) is 8.72. The standard InChI is InChI=1S/C9H7NOS2/c11-9-7(5-12)6-3-1-2-4-8(6)13-10-9/h1-5,7H,(H,10,11). The van der Waals surface area contributed by atoms with Crippen molar-refractivity contribution in [2.75, 3.05) is 0 Å². The second kappa shape index (κ2) is 3.47. The van der Waals surface area contributed by atoms with Gasteiger partial charge in [0.15, 0.2) is 0 Å². The van der Waals surface area contributed by atoms with Crippen molar-refractivity contribution in [2.24, 2.45) is 0 Å². The fourth-order valence-electron chi connectivity index (χ4n) is 1.28. The fourth-order valence-corrected chi connectivity index (χ4v) is 2.34. The van der Waals surface area contributed by atoms with Gasteiger partial charge in [-0.3, -0.25) is 9.52 Å². The first-order valence-corrected chi connectivity index (χ1v) is 5.12. The Morgan fingerprint density at radius 2 is 2.23 bits per heavy atom. The van der Waals surface area contributed by atoms with E-state index in [1.54, 1.807) is 0 Å². The summed E-state index contributed by atoms with van der Waals surface area (Å²) in [6, 6.07) is 7.79. The maximum Gasteiger partial charge on any atom is 0.242 e. The van der Waals surface area contributed by atoms with Crippen molar-refractivity contribution in [2.45, 2.75) is 10.8 Å². The molecule has 1 heterocycles. The summed E-state index contributed by atoms with van der Waals surface area (Å²) in [4.78, 5) is 12.4. The summed E-state index contributed by atoms with van der Waals surface area (Å²) in [5.41, 5.74) is 1.01. The summed E-state index contributed by atoms with van der Waals surface area (Å²) in [5, 5.41) is 1.51. The SMILES string of the molecule is O=C1NSc2ccccc2C1C=S. The zero-order chi connectivity index (χ0) is 9.26. The summed E-state index contributed by atoms with van der Waals surface area (Å²) in [7, 11) is 0. The monoisotopic (exact) mass is 209 g/mol. The van der Waals surface area contributed by atoms with E-state index < -0.39 is 0 Å². The molecule has 1 aromatic carbocycles. The maximum atomic E-state index is 11.4. The van der Waals surface area contributed by atoms with Gasteiger partial charge in [-0.05, 0) is 28.9 Å². The molecule has 0 bridgehead atoms. The van der Waals surface area contributed by atoms with Crippen molar-refractivity contribution >= 4 is 35.4 Å². The molecule has 1 unspecified atom stereocenters. The van der Waals surface area contributed by atoms with Crippen LogP contribution in [-0.2, 0) is 4.79 Å². The predicted octanol–water partition coefficient (Wildman–Crippen LogP) is 1.91. The Balaban J connectivity index is 2.50. The van der Waals surface area contributed by atoms with E-state index in [0.717, 1.165) is 10.5 Å². The topological polar surface area (TPSA) is 29.1 Å². The molecule has 0 radical (unpaired) electrons. The van der Waals surface area contributed by atoms with Crippen LogP contribution in [0, 0.1) is 0 Å². The number of fused-ring (bicyclic) bond motifs is 1. The third-order valence-electron chi connectivity index (χ3n) is 1.93. The van der Waals surface area contributed by atoms with E-state index in [1.807, 2.05) is 24.3 Å². The Hall–Kier alpha value is -0.870. The van der Waals surface area contributed by atoms with Crippen LogP contribution in [0.25, 0.3) is 0 Å². The molecule has 2 rings (SSSR count). The summed E-state index contributed by atoms with van der Waals surface area (Å²) in [6.45, 7) is 0.